The third-order valence-electron chi connectivity index (χ3n) is 3.01. The van der Waals surface area contributed by atoms with Crippen molar-refractivity contribution in [3.63, 3.8) is 0 Å². The van der Waals surface area contributed by atoms with Crippen LogP contribution >= 0.6 is 0 Å². The van der Waals surface area contributed by atoms with E-state index in [0.29, 0.717) is 6.42 Å². The summed E-state index contributed by atoms with van der Waals surface area (Å²) in [6.45, 7) is 7.44. The van der Waals surface area contributed by atoms with E-state index >= 15 is 0 Å². The van der Waals surface area contributed by atoms with Crippen molar-refractivity contribution < 1.29 is 8.42 Å². The Morgan fingerprint density at radius 3 is 1.93 bits per heavy atom. The van der Waals surface area contributed by atoms with E-state index in [1.54, 1.807) is 13.8 Å². The van der Waals surface area contributed by atoms with Crippen molar-refractivity contribution in [1.82, 2.24) is 0 Å². The lowest BCUT2D eigenvalue weighted by Crippen LogP contribution is -2.40. The molecule has 0 radical (unpaired) electrons. The smallest absolute Gasteiger partial charge is 0.152 e. The number of nitrogens with two attached hydrogens (primary N) is 1. The van der Waals surface area contributed by atoms with Gasteiger partial charge < -0.3 is 5.73 Å². The molecule has 0 aliphatic rings. The van der Waals surface area contributed by atoms with Crippen LogP contribution in [0.1, 0.15) is 47.0 Å². The Balaban J connectivity index is 4.31. The predicted molar refractivity (Wildman–Crippen MR) is 61.0 cm³/mol. The lowest BCUT2D eigenvalue weighted by Gasteiger charge is -2.26. The number of hydrogen-bond donors (Lipinski definition) is 1. The summed E-state index contributed by atoms with van der Waals surface area (Å²) >= 11 is 0. The van der Waals surface area contributed by atoms with Gasteiger partial charge in [-0.1, -0.05) is 13.8 Å². The summed E-state index contributed by atoms with van der Waals surface area (Å²) in [5, 5.41) is -0.291. The molecule has 0 rings (SSSR count). The molecule has 0 aliphatic heterocycles. The maximum atomic E-state index is 11.6. The summed E-state index contributed by atoms with van der Waals surface area (Å²) in [5.41, 5.74) is 5.74. The SMILES string of the molecule is CCC(N)(CC)CCS(=O)(=O)C(C)C. The van der Waals surface area contributed by atoms with Crippen LogP contribution in [-0.4, -0.2) is 25.0 Å². The molecule has 0 saturated carbocycles. The van der Waals surface area contributed by atoms with Gasteiger partial charge in [-0.15, -0.1) is 0 Å². The highest BCUT2D eigenvalue weighted by atomic mass is 32.2. The van der Waals surface area contributed by atoms with Crippen LogP contribution in [0.2, 0.25) is 0 Å². The Morgan fingerprint density at radius 1 is 1.21 bits per heavy atom. The molecule has 14 heavy (non-hydrogen) atoms. The molecule has 0 spiro atoms. The van der Waals surface area contributed by atoms with Crippen molar-refractivity contribution in [1.29, 1.82) is 0 Å². The van der Waals surface area contributed by atoms with Crippen LogP contribution in [0.15, 0.2) is 0 Å². The van der Waals surface area contributed by atoms with E-state index in [1.807, 2.05) is 13.8 Å². The Morgan fingerprint density at radius 2 is 1.64 bits per heavy atom. The van der Waals surface area contributed by atoms with E-state index in [4.69, 9.17) is 5.73 Å². The maximum absolute atomic E-state index is 11.6. The van der Waals surface area contributed by atoms with Gasteiger partial charge in [0.2, 0.25) is 0 Å². The van der Waals surface area contributed by atoms with Crippen LogP contribution in [0.25, 0.3) is 0 Å². The topological polar surface area (TPSA) is 60.2 Å². The molecule has 4 heteroatoms. The average molecular weight is 221 g/mol. The molecule has 0 bridgehead atoms. The van der Waals surface area contributed by atoms with E-state index in [0.717, 1.165) is 12.8 Å². The predicted octanol–water partition coefficient (Wildman–Crippen LogP) is 1.72. The van der Waals surface area contributed by atoms with Gasteiger partial charge in [0.05, 0.1) is 11.0 Å². The van der Waals surface area contributed by atoms with Crippen molar-refractivity contribution in [3.05, 3.63) is 0 Å². The maximum Gasteiger partial charge on any atom is 0.152 e. The van der Waals surface area contributed by atoms with E-state index in [2.05, 4.69) is 0 Å². The van der Waals surface area contributed by atoms with Gasteiger partial charge in [0.15, 0.2) is 9.84 Å². The number of rotatable bonds is 6. The van der Waals surface area contributed by atoms with Gasteiger partial charge >= 0.3 is 0 Å². The van der Waals surface area contributed by atoms with Crippen molar-refractivity contribution in [2.45, 2.75) is 57.7 Å². The monoisotopic (exact) mass is 221 g/mol. The lowest BCUT2D eigenvalue weighted by atomic mass is 9.91. The fourth-order valence-corrected chi connectivity index (χ4v) is 2.35. The van der Waals surface area contributed by atoms with Gasteiger partial charge in [-0.25, -0.2) is 8.42 Å². The van der Waals surface area contributed by atoms with Gasteiger partial charge in [0, 0.05) is 5.54 Å². The third-order valence-corrected chi connectivity index (χ3v) is 5.22. The fourth-order valence-electron chi connectivity index (χ4n) is 1.18. The van der Waals surface area contributed by atoms with E-state index in [1.165, 1.54) is 0 Å². The van der Waals surface area contributed by atoms with Crippen molar-refractivity contribution in [3.8, 4) is 0 Å². The van der Waals surface area contributed by atoms with Gasteiger partial charge in [0.25, 0.3) is 0 Å². The van der Waals surface area contributed by atoms with Crippen LogP contribution < -0.4 is 5.73 Å². The first-order valence-corrected chi connectivity index (χ1v) is 6.99. The number of hydrogen-bond acceptors (Lipinski definition) is 3. The molecule has 0 amide bonds. The zero-order chi connectivity index (χ0) is 11.4. The Kier molecular flexibility index (Phi) is 5.09. The van der Waals surface area contributed by atoms with Gasteiger partial charge in [-0.2, -0.15) is 0 Å². The van der Waals surface area contributed by atoms with Crippen molar-refractivity contribution in [2.24, 2.45) is 5.73 Å². The third kappa shape index (κ3) is 3.96. The minimum Gasteiger partial charge on any atom is -0.325 e. The first-order chi connectivity index (χ1) is 6.27. The molecule has 0 saturated heterocycles. The van der Waals surface area contributed by atoms with Crippen LogP contribution in [0.5, 0.6) is 0 Å². The molecule has 0 aromatic rings. The van der Waals surface area contributed by atoms with Crippen molar-refractivity contribution >= 4 is 9.84 Å². The van der Waals surface area contributed by atoms with E-state index in [9.17, 15) is 8.42 Å². The average Bonchev–Trinajstić information content (AvgIpc) is 2.14. The zero-order valence-corrected chi connectivity index (χ0v) is 10.5. The molecule has 0 aromatic carbocycles. The highest BCUT2D eigenvalue weighted by Crippen LogP contribution is 2.18. The van der Waals surface area contributed by atoms with Crippen molar-refractivity contribution in [2.75, 3.05) is 5.75 Å². The van der Waals surface area contributed by atoms with Gasteiger partial charge in [0.1, 0.15) is 0 Å². The van der Waals surface area contributed by atoms with E-state index < -0.39 is 9.84 Å². The molecule has 86 valence electrons. The highest BCUT2D eigenvalue weighted by Gasteiger charge is 2.25. The molecule has 0 aromatic heterocycles. The highest BCUT2D eigenvalue weighted by molar-refractivity contribution is 7.91. The van der Waals surface area contributed by atoms with Crippen LogP contribution in [0, 0.1) is 0 Å². The molecule has 0 heterocycles. The Labute approximate surface area is 88.0 Å². The summed E-state index contributed by atoms with van der Waals surface area (Å²) in [6.07, 6.45) is 2.23. The summed E-state index contributed by atoms with van der Waals surface area (Å²) in [6, 6.07) is 0. The first kappa shape index (κ1) is 13.9. The summed E-state index contributed by atoms with van der Waals surface area (Å²) < 4.78 is 23.1. The molecule has 2 N–H and O–H groups in total. The molecule has 3 nitrogen and oxygen atoms in total. The standard InChI is InChI=1S/C10H23NO2S/c1-5-10(11,6-2)7-8-14(12,13)9(3)4/h9H,5-8,11H2,1-4H3. The molecule has 0 fully saturated rings. The second-order valence-electron chi connectivity index (χ2n) is 4.24. The second-order valence-corrected chi connectivity index (χ2v) is 6.91. The minimum absolute atomic E-state index is 0.211. The molecule has 0 aliphatic carbocycles. The minimum atomic E-state index is -2.93. The molecule has 0 atom stereocenters. The normalized spacial score (nSPS) is 13.6. The first-order valence-electron chi connectivity index (χ1n) is 5.28. The lowest BCUT2D eigenvalue weighted by molar-refractivity contribution is 0.382. The Hall–Kier alpha value is -0.0900. The van der Waals surface area contributed by atoms with E-state index in [-0.39, 0.29) is 16.5 Å². The molecular formula is C10H23NO2S. The summed E-state index contributed by atoms with van der Waals surface area (Å²) in [5.74, 6) is 0.211. The van der Waals surface area contributed by atoms with Crippen LogP contribution in [-0.2, 0) is 9.84 Å². The number of sulfone groups is 1. The largest absolute Gasteiger partial charge is 0.325 e. The Bertz CT molecular complexity index is 253. The van der Waals surface area contributed by atoms with Gasteiger partial charge in [-0.05, 0) is 33.1 Å². The van der Waals surface area contributed by atoms with Crippen LogP contribution in [0.3, 0.4) is 0 Å². The van der Waals surface area contributed by atoms with Gasteiger partial charge in [-0.3, -0.25) is 0 Å². The quantitative estimate of drug-likeness (QED) is 0.743. The molecule has 0 unspecified atom stereocenters. The summed E-state index contributed by atoms with van der Waals surface area (Å²) in [4.78, 5) is 0. The zero-order valence-electron chi connectivity index (χ0n) is 9.71. The van der Waals surface area contributed by atoms with Crippen LogP contribution in [0.4, 0.5) is 0 Å². The summed E-state index contributed by atoms with van der Waals surface area (Å²) in [7, 11) is -2.93. The second kappa shape index (κ2) is 5.12. The fraction of sp³-hybridized carbons (Fsp3) is 1.00. The molecular weight excluding hydrogens is 198 g/mol.